The van der Waals surface area contributed by atoms with Crippen molar-refractivity contribution in [2.75, 3.05) is 34.0 Å². The number of carbonyl (C=O) groups excluding carboxylic acids is 2. The fourth-order valence-electron chi connectivity index (χ4n) is 3.77. The lowest BCUT2D eigenvalue weighted by atomic mass is 9.83. The second-order valence-electron chi connectivity index (χ2n) is 8.29. The molecule has 0 fully saturated rings. The molecular weight excluding hydrogens is 484 g/mol. The van der Waals surface area contributed by atoms with Crippen LogP contribution in [0.15, 0.2) is 72.1 Å². The highest BCUT2D eigenvalue weighted by molar-refractivity contribution is 5.98. The van der Waals surface area contributed by atoms with Gasteiger partial charge in [0.25, 0.3) is 5.69 Å². The van der Waals surface area contributed by atoms with Gasteiger partial charge in [-0.15, -0.1) is 0 Å². The summed E-state index contributed by atoms with van der Waals surface area (Å²) in [5.74, 6) is -1.74. The van der Waals surface area contributed by atoms with Gasteiger partial charge in [0, 0.05) is 38.0 Å². The van der Waals surface area contributed by atoms with E-state index in [1.807, 2.05) is 0 Å². The largest absolute Gasteiger partial charge is 0.491 e. The van der Waals surface area contributed by atoms with E-state index >= 15 is 0 Å². The molecule has 0 saturated carbocycles. The molecule has 0 spiro atoms. The summed E-state index contributed by atoms with van der Waals surface area (Å²) in [5.41, 5.74) is 1.35. The number of aliphatic hydroxyl groups excluding tert-OH is 2. The predicted molar refractivity (Wildman–Crippen MR) is 131 cm³/mol. The average Bonchev–Trinajstić information content (AvgIpc) is 2.91. The molecule has 0 bridgehead atoms. The number of carbonyl (C=O) groups is 2. The van der Waals surface area contributed by atoms with Gasteiger partial charge in [0.1, 0.15) is 18.5 Å². The summed E-state index contributed by atoms with van der Waals surface area (Å²) < 4.78 is 15.8. The number of rotatable bonds is 11. The van der Waals surface area contributed by atoms with Crippen LogP contribution in [-0.2, 0) is 25.5 Å². The summed E-state index contributed by atoms with van der Waals surface area (Å²) in [7, 11) is 2.86. The van der Waals surface area contributed by atoms with E-state index in [2.05, 4.69) is 0 Å². The predicted octanol–water partition coefficient (Wildman–Crippen LogP) is 2.08. The molecule has 3 rings (SSSR count). The maximum atomic E-state index is 13.1. The first-order chi connectivity index (χ1) is 17.7. The summed E-state index contributed by atoms with van der Waals surface area (Å²) in [4.78, 5) is 38.0. The molecule has 11 nitrogen and oxygen atoms in total. The normalized spacial score (nSPS) is 15.8. The van der Waals surface area contributed by atoms with Gasteiger partial charge in [-0.1, -0.05) is 24.3 Å². The summed E-state index contributed by atoms with van der Waals surface area (Å²) in [6.45, 7) is -0.387. The molecule has 2 atom stereocenters. The molecule has 2 N–H and O–H groups in total. The fraction of sp³-hybridized carbons (Fsp3) is 0.308. The van der Waals surface area contributed by atoms with Gasteiger partial charge in [-0.2, -0.15) is 0 Å². The van der Waals surface area contributed by atoms with Gasteiger partial charge < -0.3 is 29.3 Å². The minimum absolute atomic E-state index is 0.0369. The molecule has 0 amide bonds. The number of non-ortho nitro benzene ring substituents is 1. The SMILES string of the molecule is COC(=O)C1=CN(C)C=C(C(=O)OCCc2ccc(OCC(O)CO)cc2)C1c1cccc([N+](=O)[O-])c1. The number of methoxy groups -OCH3 is 1. The Labute approximate surface area is 213 Å². The Kier molecular flexibility index (Phi) is 9.36. The highest BCUT2D eigenvalue weighted by Crippen LogP contribution is 2.37. The van der Waals surface area contributed by atoms with Gasteiger partial charge in [0.2, 0.25) is 0 Å². The molecule has 37 heavy (non-hydrogen) atoms. The number of nitro benzene ring substituents is 1. The van der Waals surface area contributed by atoms with Crippen molar-refractivity contribution in [1.29, 1.82) is 0 Å². The molecule has 0 saturated heterocycles. The minimum atomic E-state index is -0.965. The van der Waals surface area contributed by atoms with Crippen LogP contribution in [0.5, 0.6) is 5.75 Å². The van der Waals surface area contributed by atoms with Crippen molar-refractivity contribution >= 4 is 17.6 Å². The molecule has 0 aromatic heterocycles. The van der Waals surface area contributed by atoms with Crippen molar-refractivity contribution in [1.82, 2.24) is 4.90 Å². The molecular formula is C26H28N2O9. The van der Waals surface area contributed by atoms with Crippen molar-refractivity contribution < 1.29 is 38.9 Å². The topological polar surface area (TPSA) is 149 Å². The Morgan fingerprint density at radius 2 is 1.78 bits per heavy atom. The Bertz CT molecular complexity index is 1190. The average molecular weight is 513 g/mol. The zero-order valence-corrected chi connectivity index (χ0v) is 20.4. The Hall–Kier alpha value is -4.22. The fourth-order valence-corrected chi connectivity index (χ4v) is 3.77. The minimum Gasteiger partial charge on any atom is -0.491 e. The zero-order chi connectivity index (χ0) is 26.9. The first kappa shape index (κ1) is 27.4. The van der Waals surface area contributed by atoms with E-state index in [1.165, 1.54) is 42.6 Å². The van der Waals surface area contributed by atoms with Crippen LogP contribution in [-0.4, -0.2) is 72.1 Å². The first-order valence-corrected chi connectivity index (χ1v) is 11.4. The Morgan fingerprint density at radius 1 is 1.11 bits per heavy atom. The maximum Gasteiger partial charge on any atom is 0.336 e. The molecule has 196 valence electrons. The number of ether oxygens (including phenoxy) is 3. The molecule has 2 aromatic carbocycles. The number of nitrogens with zero attached hydrogens (tertiary/aromatic N) is 2. The van der Waals surface area contributed by atoms with Crippen molar-refractivity contribution in [2.45, 2.75) is 18.4 Å². The molecule has 2 unspecified atom stereocenters. The zero-order valence-electron chi connectivity index (χ0n) is 20.4. The van der Waals surface area contributed by atoms with E-state index < -0.39 is 35.5 Å². The molecule has 1 heterocycles. The smallest absolute Gasteiger partial charge is 0.336 e. The highest BCUT2D eigenvalue weighted by Gasteiger charge is 2.35. The maximum absolute atomic E-state index is 13.1. The summed E-state index contributed by atoms with van der Waals surface area (Å²) in [6.07, 6.45) is 2.46. The van der Waals surface area contributed by atoms with Crippen LogP contribution in [0.3, 0.4) is 0 Å². The Balaban J connectivity index is 1.73. The summed E-state index contributed by atoms with van der Waals surface area (Å²) in [5, 5.41) is 29.5. The third kappa shape index (κ3) is 7.15. The quantitative estimate of drug-likeness (QED) is 0.260. The van der Waals surface area contributed by atoms with Crippen LogP contribution in [0.1, 0.15) is 17.0 Å². The lowest BCUT2D eigenvalue weighted by Crippen LogP contribution is -2.28. The van der Waals surface area contributed by atoms with Crippen LogP contribution in [0.2, 0.25) is 0 Å². The van der Waals surface area contributed by atoms with Crippen LogP contribution < -0.4 is 4.74 Å². The van der Waals surface area contributed by atoms with Crippen LogP contribution in [0.25, 0.3) is 0 Å². The molecule has 1 aliphatic heterocycles. The summed E-state index contributed by atoms with van der Waals surface area (Å²) in [6, 6.07) is 12.7. The van der Waals surface area contributed by atoms with Crippen molar-refractivity contribution in [2.24, 2.45) is 0 Å². The van der Waals surface area contributed by atoms with Crippen molar-refractivity contribution in [3.8, 4) is 5.75 Å². The van der Waals surface area contributed by atoms with Gasteiger partial charge in [-0.3, -0.25) is 10.1 Å². The van der Waals surface area contributed by atoms with Gasteiger partial charge in [0.15, 0.2) is 0 Å². The van der Waals surface area contributed by atoms with Crippen LogP contribution in [0, 0.1) is 10.1 Å². The third-order valence-corrected chi connectivity index (χ3v) is 5.58. The number of benzene rings is 2. The van der Waals surface area contributed by atoms with Gasteiger partial charge >= 0.3 is 11.9 Å². The number of nitro groups is 1. The second-order valence-corrected chi connectivity index (χ2v) is 8.29. The van der Waals surface area contributed by atoms with Gasteiger partial charge in [-0.25, -0.2) is 9.59 Å². The van der Waals surface area contributed by atoms with Crippen LogP contribution in [0.4, 0.5) is 5.69 Å². The number of hydrogen-bond acceptors (Lipinski definition) is 10. The van der Waals surface area contributed by atoms with Gasteiger partial charge in [-0.05, 0) is 23.3 Å². The number of aliphatic hydroxyl groups is 2. The molecule has 2 aromatic rings. The number of hydrogen-bond donors (Lipinski definition) is 2. The van der Waals surface area contributed by atoms with E-state index in [9.17, 15) is 24.8 Å². The van der Waals surface area contributed by atoms with E-state index in [1.54, 1.807) is 37.4 Å². The van der Waals surface area contributed by atoms with E-state index in [4.69, 9.17) is 19.3 Å². The Morgan fingerprint density at radius 3 is 2.41 bits per heavy atom. The molecule has 0 radical (unpaired) electrons. The standard InChI is InChI=1S/C26H28N2O9/c1-27-13-22(25(31)35-2)24(18-4-3-5-19(12-18)28(33)34)23(14-27)26(32)36-11-10-17-6-8-21(9-7-17)37-16-20(30)15-29/h3-9,12-14,20,24,29-30H,10-11,15-16H2,1-2H3. The first-order valence-electron chi connectivity index (χ1n) is 11.4. The molecule has 0 aliphatic carbocycles. The van der Waals surface area contributed by atoms with E-state index in [0.717, 1.165) is 5.56 Å². The third-order valence-electron chi connectivity index (χ3n) is 5.58. The molecule has 1 aliphatic rings. The number of esters is 2. The second kappa shape index (κ2) is 12.7. The lowest BCUT2D eigenvalue weighted by molar-refractivity contribution is -0.384. The van der Waals surface area contributed by atoms with Gasteiger partial charge in [0.05, 0.1) is 42.3 Å². The van der Waals surface area contributed by atoms with Crippen LogP contribution >= 0.6 is 0 Å². The van der Waals surface area contributed by atoms with E-state index in [0.29, 0.717) is 17.7 Å². The monoisotopic (exact) mass is 512 g/mol. The van der Waals surface area contributed by atoms with Crippen molar-refractivity contribution in [3.63, 3.8) is 0 Å². The van der Waals surface area contributed by atoms with E-state index in [-0.39, 0.29) is 30.0 Å². The highest BCUT2D eigenvalue weighted by atomic mass is 16.6. The molecule has 11 heteroatoms. The summed E-state index contributed by atoms with van der Waals surface area (Å²) >= 11 is 0. The lowest BCUT2D eigenvalue weighted by Gasteiger charge is -2.28. The van der Waals surface area contributed by atoms with Crippen molar-refractivity contribution in [3.05, 3.63) is 93.3 Å².